The van der Waals surface area contributed by atoms with E-state index in [9.17, 15) is 13.2 Å². The second-order valence-electron chi connectivity index (χ2n) is 2.57. The molecule has 1 aromatic rings. The quantitative estimate of drug-likeness (QED) is 0.638. The van der Waals surface area contributed by atoms with Crippen molar-refractivity contribution in [3.8, 4) is 0 Å². The number of rotatable bonds is 3. The fourth-order valence-corrected chi connectivity index (χ4v) is 2.05. The first-order valence-electron chi connectivity index (χ1n) is 3.82. The molecule has 5 nitrogen and oxygen atoms in total. The second kappa shape index (κ2) is 4.61. The van der Waals surface area contributed by atoms with Gasteiger partial charge in [-0.15, -0.1) is 4.24 Å². The van der Waals surface area contributed by atoms with Crippen LogP contribution in [0.1, 0.15) is 10.4 Å². The van der Waals surface area contributed by atoms with E-state index in [2.05, 4.69) is 4.74 Å². The van der Waals surface area contributed by atoms with Crippen molar-refractivity contribution in [2.75, 3.05) is 7.11 Å². The molecule has 0 unspecified atom stereocenters. The molecule has 0 aliphatic carbocycles. The molecule has 1 aromatic carbocycles. The van der Waals surface area contributed by atoms with Crippen LogP contribution >= 0.6 is 11.8 Å². The van der Waals surface area contributed by atoms with Crippen LogP contribution < -0.4 is 4.24 Å². The molecule has 7 heteroatoms. The van der Waals surface area contributed by atoms with Gasteiger partial charge in [0.05, 0.1) is 17.6 Å². The minimum atomic E-state index is -3.87. The van der Waals surface area contributed by atoms with Crippen LogP contribution in [0.3, 0.4) is 0 Å². The summed E-state index contributed by atoms with van der Waals surface area (Å²) in [6.07, 6.45) is 0. The maximum absolute atomic E-state index is 11.4. The van der Waals surface area contributed by atoms with Crippen LogP contribution in [0.2, 0.25) is 0 Å². The Labute approximate surface area is 92.2 Å². The monoisotopic (exact) mass is 249 g/mol. The van der Waals surface area contributed by atoms with Gasteiger partial charge in [-0.2, -0.15) is 0 Å². The van der Waals surface area contributed by atoms with Gasteiger partial charge in [0.2, 0.25) is 0 Å². The third-order valence-corrected chi connectivity index (χ3v) is 3.43. The molecule has 0 fully saturated rings. The highest BCUT2D eigenvalue weighted by molar-refractivity contribution is 7.90. The number of methoxy groups -OCH3 is 1. The van der Waals surface area contributed by atoms with Crippen LogP contribution in [0.15, 0.2) is 29.2 Å². The summed E-state index contributed by atoms with van der Waals surface area (Å²) in [5.74, 6) is -0.735. The topological polar surface area (TPSA) is 72.5 Å². The lowest BCUT2D eigenvalue weighted by Crippen LogP contribution is -2.18. The molecule has 15 heavy (non-hydrogen) atoms. The van der Waals surface area contributed by atoms with Gasteiger partial charge < -0.3 is 4.74 Å². The van der Waals surface area contributed by atoms with E-state index >= 15 is 0 Å². The zero-order chi connectivity index (χ0) is 11.5. The normalized spacial score (nSPS) is 11.1. The summed E-state index contributed by atoms with van der Waals surface area (Å²) in [4.78, 5) is 11.0. The standard InChI is InChI=1S/C8H8ClNO4S/c1-14-8(11)6-4-2-3-5-7(6)15(12,13)10-9/h2-5,10H,1H3. The Bertz CT molecular complexity index is 471. The number of halogens is 1. The molecule has 0 saturated carbocycles. The number of benzene rings is 1. The Morgan fingerprint density at radius 3 is 2.53 bits per heavy atom. The molecule has 0 amide bonds. The zero-order valence-electron chi connectivity index (χ0n) is 7.73. The summed E-state index contributed by atoms with van der Waals surface area (Å²) in [6.45, 7) is 0. The molecular weight excluding hydrogens is 242 g/mol. The summed E-state index contributed by atoms with van der Waals surface area (Å²) in [5, 5.41) is 0. The fraction of sp³-hybridized carbons (Fsp3) is 0.125. The van der Waals surface area contributed by atoms with Crippen molar-refractivity contribution < 1.29 is 17.9 Å². The van der Waals surface area contributed by atoms with Gasteiger partial charge in [0.1, 0.15) is 0 Å². The van der Waals surface area contributed by atoms with Gasteiger partial charge in [-0.05, 0) is 23.9 Å². The van der Waals surface area contributed by atoms with E-state index in [0.717, 1.165) is 0 Å². The molecule has 0 atom stereocenters. The number of carbonyl (C=O) groups excluding carboxylic acids is 1. The van der Waals surface area contributed by atoms with Gasteiger partial charge in [-0.1, -0.05) is 12.1 Å². The van der Waals surface area contributed by atoms with Crippen LogP contribution in [0.4, 0.5) is 0 Å². The smallest absolute Gasteiger partial charge is 0.339 e. The molecule has 0 radical (unpaired) electrons. The molecule has 0 saturated heterocycles. The van der Waals surface area contributed by atoms with Crippen molar-refractivity contribution in [2.24, 2.45) is 0 Å². The highest BCUT2D eigenvalue weighted by Crippen LogP contribution is 2.16. The van der Waals surface area contributed by atoms with Gasteiger partial charge in [0, 0.05) is 0 Å². The molecule has 1 rings (SSSR count). The Hall–Kier alpha value is -1.11. The summed E-state index contributed by atoms with van der Waals surface area (Å²) in [7, 11) is -2.70. The molecule has 1 N–H and O–H groups in total. The lowest BCUT2D eigenvalue weighted by Gasteiger charge is -2.06. The van der Waals surface area contributed by atoms with Crippen LogP contribution in [-0.4, -0.2) is 21.5 Å². The number of carbonyl (C=O) groups is 1. The third-order valence-electron chi connectivity index (χ3n) is 1.68. The van der Waals surface area contributed by atoms with E-state index in [0.29, 0.717) is 0 Å². The second-order valence-corrected chi connectivity index (χ2v) is 4.63. The average molecular weight is 250 g/mol. The van der Waals surface area contributed by atoms with Crippen LogP contribution in [0.25, 0.3) is 0 Å². The van der Waals surface area contributed by atoms with E-state index in [4.69, 9.17) is 11.8 Å². The molecule has 0 aromatic heterocycles. The number of sulfonamides is 1. The Morgan fingerprint density at radius 1 is 1.40 bits per heavy atom. The predicted molar refractivity (Wildman–Crippen MR) is 54.0 cm³/mol. The number of ether oxygens (including phenoxy) is 1. The highest BCUT2D eigenvalue weighted by Gasteiger charge is 2.21. The summed E-state index contributed by atoms with van der Waals surface area (Å²) < 4.78 is 28.8. The van der Waals surface area contributed by atoms with E-state index in [1.54, 1.807) is 4.24 Å². The molecule has 0 heterocycles. The van der Waals surface area contributed by atoms with Crippen molar-refractivity contribution in [3.05, 3.63) is 29.8 Å². The van der Waals surface area contributed by atoms with E-state index < -0.39 is 16.0 Å². The number of nitrogens with one attached hydrogen (secondary N) is 1. The first-order chi connectivity index (χ1) is 7.03. The van der Waals surface area contributed by atoms with Crippen LogP contribution in [0.5, 0.6) is 0 Å². The van der Waals surface area contributed by atoms with Crippen LogP contribution in [-0.2, 0) is 14.8 Å². The Morgan fingerprint density at radius 2 is 2.00 bits per heavy atom. The van der Waals surface area contributed by atoms with Gasteiger partial charge in [-0.25, -0.2) is 13.2 Å². The maximum Gasteiger partial charge on any atom is 0.339 e. The van der Waals surface area contributed by atoms with Gasteiger partial charge >= 0.3 is 5.97 Å². The van der Waals surface area contributed by atoms with Crippen LogP contribution in [0, 0.1) is 0 Å². The van der Waals surface area contributed by atoms with E-state index in [1.165, 1.54) is 31.4 Å². The number of hydrogen-bond donors (Lipinski definition) is 1. The van der Waals surface area contributed by atoms with Crippen molar-refractivity contribution in [1.29, 1.82) is 0 Å². The van der Waals surface area contributed by atoms with Gasteiger partial charge in [0.15, 0.2) is 0 Å². The molecule has 82 valence electrons. The van der Waals surface area contributed by atoms with E-state index in [-0.39, 0.29) is 10.5 Å². The average Bonchev–Trinajstić information content (AvgIpc) is 2.28. The van der Waals surface area contributed by atoms with Crippen molar-refractivity contribution >= 4 is 27.8 Å². The largest absolute Gasteiger partial charge is 0.465 e. The molecule has 0 aliphatic rings. The first-order valence-corrected chi connectivity index (χ1v) is 5.69. The minimum Gasteiger partial charge on any atom is -0.465 e. The SMILES string of the molecule is COC(=O)c1ccccc1S(=O)(=O)NCl. The fourth-order valence-electron chi connectivity index (χ4n) is 1.02. The van der Waals surface area contributed by atoms with Gasteiger partial charge in [-0.3, -0.25) is 0 Å². The lowest BCUT2D eigenvalue weighted by molar-refractivity contribution is 0.0596. The molecule has 0 spiro atoms. The molecule has 0 bridgehead atoms. The van der Waals surface area contributed by atoms with E-state index in [1.807, 2.05) is 0 Å². The minimum absolute atomic E-state index is 0.0619. The summed E-state index contributed by atoms with van der Waals surface area (Å²) in [6, 6.07) is 5.61. The third kappa shape index (κ3) is 2.47. The number of esters is 1. The summed E-state index contributed by atoms with van der Waals surface area (Å²) >= 11 is 5.06. The highest BCUT2D eigenvalue weighted by atomic mass is 35.5. The first kappa shape index (κ1) is 12.0. The lowest BCUT2D eigenvalue weighted by atomic mass is 10.2. The van der Waals surface area contributed by atoms with Gasteiger partial charge in [0.25, 0.3) is 10.0 Å². The summed E-state index contributed by atoms with van der Waals surface area (Å²) in [5.41, 5.74) is -0.0619. The Kier molecular flexibility index (Phi) is 3.67. The van der Waals surface area contributed by atoms with Crippen molar-refractivity contribution in [3.63, 3.8) is 0 Å². The predicted octanol–water partition coefficient (Wildman–Crippen LogP) is 0.905. The zero-order valence-corrected chi connectivity index (χ0v) is 9.30. The maximum atomic E-state index is 11.4. The Balaban J connectivity index is 3.37. The van der Waals surface area contributed by atoms with Crippen molar-refractivity contribution in [1.82, 2.24) is 4.24 Å². The van der Waals surface area contributed by atoms with Crippen molar-refractivity contribution in [2.45, 2.75) is 4.90 Å². The molecular formula is C8H8ClNO4S. The molecule has 0 aliphatic heterocycles. The number of hydrogen-bond acceptors (Lipinski definition) is 4.